The van der Waals surface area contributed by atoms with Crippen LogP contribution in [0.4, 0.5) is 4.39 Å². The molecule has 0 amide bonds. The first-order valence-electron chi connectivity index (χ1n) is 8.63. The number of benzene rings is 3. The number of halogens is 1. The van der Waals surface area contributed by atoms with Gasteiger partial charge in [-0.15, -0.1) is 0 Å². The molecule has 120 valence electrons. The third kappa shape index (κ3) is 2.99. The minimum absolute atomic E-state index is 0.183. The minimum atomic E-state index is -0.183. The van der Waals surface area contributed by atoms with Gasteiger partial charge in [-0.25, -0.2) is 4.39 Å². The van der Waals surface area contributed by atoms with E-state index in [-0.39, 0.29) is 5.82 Å². The van der Waals surface area contributed by atoms with Crippen LogP contribution in [0.3, 0.4) is 0 Å². The zero-order valence-corrected chi connectivity index (χ0v) is 13.9. The Balaban J connectivity index is 1.59. The van der Waals surface area contributed by atoms with E-state index in [0.29, 0.717) is 5.92 Å². The fourth-order valence-corrected chi connectivity index (χ4v) is 3.70. The number of fused-ring (bicyclic) bond motifs is 1. The molecule has 3 aromatic carbocycles. The second-order valence-corrected chi connectivity index (χ2v) is 6.84. The highest BCUT2D eigenvalue weighted by Gasteiger charge is 2.20. The standard InChI is InChI=1S/C23H21F/c1-16-2-4-17(5-3-16)19-6-8-22-15-20(7-9-21(22)14-19)18-10-12-23(24)13-11-18/h2-5,7,9-13,15,19H,6,8,14H2,1H3. The Labute approximate surface area is 143 Å². The van der Waals surface area contributed by atoms with Crippen molar-refractivity contribution < 1.29 is 4.39 Å². The third-order valence-electron chi connectivity index (χ3n) is 5.16. The minimum Gasteiger partial charge on any atom is -0.207 e. The van der Waals surface area contributed by atoms with Gasteiger partial charge in [0.05, 0.1) is 0 Å². The van der Waals surface area contributed by atoms with Crippen LogP contribution in [-0.2, 0) is 12.8 Å². The SMILES string of the molecule is Cc1ccc(C2CCc3cc(-c4ccc(F)cc4)ccc3C2)cc1. The van der Waals surface area contributed by atoms with Crippen LogP contribution in [0.1, 0.15) is 34.6 Å². The molecule has 0 aliphatic heterocycles. The molecule has 1 aliphatic rings. The second-order valence-electron chi connectivity index (χ2n) is 6.84. The van der Waals surface area contributed by atoms with Crippen molar-refractivity contribution in [3.05, 3.63) is 94.8 Å². The third-order valence-corrected chi connectivity index (χ3v) is 5.16. The molecule has 4 rings (SSSR count). The molecule has 0 nitrogen and oxygen atoms in total. The van der Waals surface area contributed by atoms with E-state index in [0.717, 1.165) is 18.4 Å². The lowest BCUT2D eigenvalue weighted by atomic mass is 9.79. The van der Waals surface area contributed by atoms with Crippen molar-refractivity contribution in [2.45, 2.75) is 32.1 Å². The first-order valence-corrected chi connectivity index (χ1v) is 8.63. The van der Waals surface area contributed by atoms with E-state index in [9.17, 15) is 4.39 Å². The highest BCUT2D eigenvalue weighted by Crippen LogP contribution is 2.34. The van der Waals surface area contributed by atoms with E-state index < -0.39 is 0 Å². The fraction of sp³-hybridized carbons (Fsp3) is 0.217. The van der Waals surface area contributed by atoms with Crippen molar-refractivity contribution >= 4 is 0 Å². The Hall–Kier alpha value is -2.41. The molecule has 0 heterocycles. The van der Waals surface area contributed by atoms with E-state index in [1.165, 1.54) is 46.4 Å². The number of rotatable bonds is 2. The van der Waals surface area contributed by atoms with Crippen molar-refractivity contribution in [1.82, 2.24) is 0 Å². The van der Waals surface area contributed by atoms with E-state index in [1.807, 2.05) is 12.1 Å². The Morgan fingerprint density at radius 1 is 0.792 bits per heavy atom. The lowest BCUT2D eigenvalue weighted by Crippen LogP contribution is -2.12. The molecule has 1 aliphatic carbocycles. The molecule has 0 fully saturated rings. The first kappa shape index (κ1) is 15.1. The maximum atomic E-state index is 13.1. The summed E-state index contributed by atoms with van der Waals surface area (Å²) >= 11 is 0. The summed E-state index contributed by atoms with van der Waals surface area (Å²) in [6.45, 7) is 2.14. The van der Waals surface area contributed by atoms with Gasteiger partial charge in [0, 0.05) is 0 Å². The Morgan fingerprint density at radius 3 is 2.25 bits per heavy atom. The smallest absolute Gasteiger partial charge is 0.123 e. The predicted molar refractivity (Wildman–Crippen MR) is 97.8 cm³/mol. The molecule has 1 atom stereocenters. The van der Waals surface area contributed by atoms with Gasteiger partial charge < -0.3 is 0 Å². The van der Waals surface area contributed by atoms with E-state index in [4.69, 9.17) is 0 Å². The van der Waals surface area contributed by atoms with Gasteiger partial charge in [-0.1, -0.05) is 60.2 Å². The molecule has 24 heavy (non-hydrogen) atoms. The summed E-state index contributed by atoms with van der Waals surface area (Å²) in [5.41, 5.74) is 7.94. The van der Waals surface area contributed by atoms with Gasteiger partial charge in [-0.2, -0.15) is 0 Å². The average molecular weight is 316 g/mol. The van der Waals surface area contributed by atoms with Gasteiger partial charge in [0.2, 0.25) is 0 Å². The highest BCUT2D eigenvalue weighted by atomic mass is 19.1. The second kappa shape index (κ2) is 6.24. The summed E-state index contributed by atoms with van der Waals surface area (Å²) in [6, 6.07) is 22.5. The maximum Gasteiger partial charge on any atom is 0.123 e. The van der Waals surface area contributed by atoms with Crippen molar-refractivity contribution in [1.29, 1.82) is 0 Å². The normalized spacial score (nSPS) is 16.7. The van der Waals surface area contributed by atoms with Gasteiger partial charge in [-0.05, 0) is 72.1 Å². The van der Waals surface area contributed by atoms with Crippen LogP contribution >= 0.6 is 0 Å². The van der Waals surface area contributed by atoms with Crippen molar-refractivity contribution in [2.75, 3.05) is 0 Å². The Kier molecular flexibility index (Phi) is 3.93. The van der Waals surface area contributed by atoms with Crippen LogP contribution in [0, 0.1) is 12.7 Å². The van der Waals surface area contributed by atoms with Gasteiger partial charge in [0.25, 0.3) is 0 Å². The topological polar surface area (TPSA) is 0 Å². The molecule has 0 saturated heterocycles. The molecule has 0 bridgehead atoms. The summed E-state index contributed by atoms with van der Waals surface area (Å²) in [4.78, 5) is 0. The molecule has 0 saturated carbocycles. The Bertz CT molecular complexity index is 844. The number of hydrogen-bond donors (Lipinski definition) is 0. The van der Waals surface area contributed by atoms with Gasteiger partial charge in [-0.3, -0.25) is 0 Å². The van der Waals surface area contributed by atoms with Gasteiger partial charge >= 0.3 is 0 Å². The summed E-state index contributed by atoms with van der Waals surface area (Å²) < 4.78 is 13.1. The molecule has 0 N–H and O–H groups in total. The van der Waals surface area contributed by atoms with E-state index >= 15 is 0 Å². The van der Waals surface area contributed by atoms with Crippen LogP contribution in [0.15, 0.2) is 66.7 Å². The van der Waals surface area contributed by atoms with Gasteiger partial charge in [0.1, 0.15) is 5.82 Å². The summed E-state index contributed by atoms with van der Waals surface area (Å²) in [5.74, 6) is 0.437. The van der Waals surface area contributed by atoms with E-state index in [1.54, 1.807) is 0 Å². The highest BCUT2D eigenvalue weighted by molar-refractivity contribution is 5.65. The molecular formula is C23H21F. The molecule has 1 heteroatoms. The van der Waals surface area contributed by atoms with E-state index in [2.05, 4.69) is 49.4 Å². The number of hydrogen-bond acceptors (Lipinski definition) is 0. The largest absolute Gasteiger partial charge is 0.207 e. The molecule has 1 unspecified atom stereocenters. The van der Waals surface area contributed by atoms with Gasteiger partial charge in [0.15, 0.2) is 0 Å². The van der Waals surface area contributed by atoms with Crippen LogP contribution in [-0.4, -0.2) is 0 Å². The van der Waals surface area contributed by atoms with Crippen LogP contribution < -0.4 is 0 Å². The summed E-state index contributed by atoms with van der Waals surface area (Å²) in [7, 11) is 0. The van der Waals surface area contributed by atoms with Crippen LogP contribution in [0.5, 0.6) is 0 Å². The van der Waals surface area contributed by atoms with Crippen molar-refractivity contribution in [3.63, 3.8) is 0 Å². The predicted octanol–water partition coefficient (Wildman–Crippen LogP) is 6.07. The fourth-order valence-electron chi connectivity index (χ4n) is 3.70. The monoisotopic (exact) mass is 316 g/mol. The first-order chi connectivity index (χ1) is 11.7. The van der Waals surface area contributed by atoms with Crippen molar-refractivity contribution in [3.8, 4) is 11.1 Å². The maximum absolute atomic E-state index is 13.1. The lowest BCUT2D eigenvalue weighted by molar-refractivity contribution is 0.585. The molecule has 0 radical (unpaired) electrons. The zero-order valence-electron chi connectivity index (χ0n) is 13.9. The quantitative estimate of drug-likeness (QED) is 0.538. The zero-order chi connectivity index (χ0) is 16.5. The van der Waals surface area contributed by atoms with Crippen LogP contribution in [0.2, 0.25) is 0 Å². The van der Waals surface area contributed by atoms with Crippen LogP contribution in [0.25, 0.3) is 11.1 Å². The average Bonchev–Trinajstić information content (AvgIpc) is 2.62. The summed E-state index contributed by atoms with van der Waals surface area (Å²) in [5, 5.41) is 0. The Morgan fingerprint density at radius 2 is 1.50 bits per heavy atom. The molecule has 0 aromatic heterocycles. The summed E-state index contributed by atoms with van der Waals surface area (Å²) in [6.07, 6.45) is 3.42. The molecule has 0 spiro atoms. The number of aryl methyl sites for hydroxylation is 2. The molecule has 3 aromatic rings. The van der Waals surface area contributed by atoms with Crippen molar-refractivity contribution in [2.24, 2.45) is 0 Å². The molecular weight excluding hydrogens is 295 g/mol. The lowest BCUT2D eigenvalue weighted by Gasteiger charge is -2.25.